The minimum atomic E-state index is 0.0893. The molecule has 2 saturated carbocycles. The van der Waals surface area contributed by atoms with Crippen molar-refractivity contribution in [1.29, 1.82) is 5.26 Å². The Balaban J connectivity index is 1.30. The Kier molecular flexibility index (Phi) is 6.34. The van der Waals surface area contributed by atoms with E-state index in [0.29, 0.717) is 34.9 Å². The molecule has 5 heteroatoms. The van der Waals surface area contributed by atoms with Gasteiger partial charge in [-0.1, -0.05) is 68.4 Å². The third kappa shape index (κ3) is 4.66. The van der Waals surface area contributed by atoms with Gasteiger partial charge in [0.25, 0.3) is 0 Å². The summed E-state index contributed by atoms with van der Waals surface area (Å²) in [6.45, 7) is 4.80. The fraction of sp³-hybridized carbons (Fsp3) is 0.282. The van der Waals surface area contributed by atoms with Crippen LogP contribution in [-0.2, 0) is 5.41 Å². The maximum atomic E-state index is 10.2. The summed E-state index contributed by atoms with van der Waals surface area (Å²) in [4.78, 5) is 15.0. The molecule has 5 nitrogen and oxygen atoms in total. The second-order valence-electron chi connectivity index (χ2n) is 13.3. The van der Waals surface area contributed by atoms with E-state index in [0.717, 1.165) is 57.4 Å². The second kappa shape index (κ2) is 10.4. The largest absolute Gasteiger partial charge is 0.456 e. The molecule has 2 aliphatic rings. The predicted molar refractivity (Wildman–Crippen MR) is 175 cm³/mol. The van der Waals surface area contributed by atoms with Crippen LogP contribution in [0.2, 0.25) is 0 Å². The van der Waals surface area contributed by atoms with Crippen LogP contribution in [0, 0.1) is 29.1 Å². The average molecular weight is 575 g/mol. The summed E-state index contributed by atoms with van der Waals surface area (Å²) in [5.41, 5.74) is 6.32. The maximum absolute atomic E-state index is 10.2. The van der Waals surface area contributed by atoms with Crippen molar-refractivity contribution in [1.82, 2.24) is 15.0 Å². The van der Waals surface area contributed by atoms with Gasteiger partial charge in [-0.3, -0.25) is 0 Å². The Hall–Kier alpha value is -4.82. The van der Waals surface area contributed by atoms with Crippen molar-refractivity contribution in [3.63, 3.8) is 0 Å². The Bertz CT molecular complexity index is 2050. The van der Waals surface area contributed by atoms with E-state index in [4.69, 9.17) is 19.4 Å². The first kappa shape index (κ1) is 26.8. The molecular weight excluding hydrogens is 540 g/mol. The van der Waals surface area contributed by atoms with Crippen molar-refractivity contribution in [3.8, 4) is 40.2 Å². The number of nitrogens with zero attached hydrogens (tertiary/aromatic N) is 4. The zero-order valence-electron chi connectivity index (χ0n) is 25.1. The molecule has 6 aromatic rings. The fourth-order valence-corrected chi connectivity index (χ4v) is 8.40. The summed E-state index contributed by atoms with van der Waals surface area (Å²) in [7, 11) is 0. The number of furan rings is 1. The lowest BCUT2D eigenvalue weighted by Gasteiger charge is -2.50. The van der Waals surface area contributed by atoms with Gasteiger partial charge in [0.2, 0.25) is 0 Å². The van der Waals surface area contributed by atoms with Crippen LogP contribution in [0.4, 0.5) is 0 Å². The number of hydrogen-bond acceptors (Lipinski definition) is 5. The zero-order chi connectivity index (χ0) is 29.8. The first-order chi connectivity index (χ1) is 21.5. The van der Waals surface area contributed by atoms with E-state index in [2.05, 4.69) is 50.2 Å². The van der Waals surface area contributed by atoms with Gasteiger partial charge in [-0.25, -0.2) is 15.0 Å². The molecule has 4 aromatic carbocycles. The highest BCUT2D eigenvalue weighted by Gasteiger charge is 2.45. The second-order valence-corrected chi connectivity index (χ2v) is 13.3. The standard InChI is InChI=1S/C39H34N4O/c1-24-14-26-15-25(2)21-39(20-24,22-26)31-17-27(23-40)16-30(18-31)38-42-36(28-8-4-3-5-9-28)41-37(43-38)29-12-13-33-32-10-6-7-11-34(32)44-35(33)19-29/h3-13,16-19,24-26H,14-15,20-22H2,1-2H3/t24-,25+,26?,39?. The third-order valence-electron chi connectivity index (χ3n) is 9.87. The normalized spacial score (nSPS) is 23.1. The lowest BCUT2D eigenvalue weighted by Crippen LogP contribution is -2.42. The molecule has 0 spiro atoms. The summed E-state index contributed by atoms with van der Waals surface area (Å²) < 4.78 is 6.21. The molecule has 0 radical (unpaired) electrons. The fourth-order valence-electron chi connectivity index (χ4n) is 8.40. The van der Waals surface area contributed by atoms with E-state index in [1.54, 1.807) is 0 Å². The van der Waals surface area contributed by atoms with E-state index >= 15 is 0 Å². The summed E-state index contributed by atoms with van der Waals surface area (Å²) in [5, 5.41) is 12.3. The first-order valence-electron chi connectivity index (χ1n) is 15.8. The van der Waals surface area contributed by atoms with Gasteiger partial charge in [0.1, 0.15) is 11.2 Å². The van der Waals surface area contributed by atoms with Gasteiger partial charge in [0.15, 0.2) is 17.5 Å². The van der Waals surface area contributed by atoms with Crippen LogP contribution in [-0.4, -0.2) is 15.0 Å². The van der Waals surface area contributed by atoms with Crippen LogP contribution in [0.25, 0.3) is 56.1 Å². The van der Waals surface area contributed by atoms with Crippen LogP contribution in [0.1, 0.15) is 57.1 Å². The number of nitriles is 1. The van der Waals surface area contributed by atoms with E-state index < -0.39 is 0 Å². The van der Waals surface area contributed by atoms with Crippen LogP contribution in [0.3, 0.4) is 0 Å². The molecule has 0 N–H and O–H groups in total. The summed E-state index contributed by atoms with van der Waals surface area (Å²) in [5.74, 6) is 3.87. The topological polar surface area (TPSA) is 75.6 Å². The highest BCUT2D eigenvalue weighted by atomic mass is 16.3. The number of rotatable bonds is 4. The van der Waals surface area contributed by atoms with E-state index in [1.165, 1.54) is 24.8 Å². The lowest BCUT2D eigenvalue weighted by atomic mass is 9.54. The Morgan fingerprint density at radius 2 is 1.32 bits per heavy atom. The van der Waals surface area contributed by atoms with Crippen molar-refractivity contribution in [2.24, 2.45) is 17.8 Å². The van der Waals surface area contributed by atoms with Gasteiger partial charge in [-0.05, 0) is 97.2 Å². The van der Waals surface area contributed by atoms with Gasteiger partial charge >= 0.3 is 0 Å². The molecular formula is C39H34N4O. The molecule has 8 rings (SSSR count). The van der Waals surface area contributed by atoms with Crippen molar-refractivity contribution in [3.05, 3.63) is 102 Å². The van der Waals surface area contributed by atoms with Crippen molar-refractivity contribution >= 4 is 21.9 Å². The molecule has 2 unspecified atom stereocenters. The van der Waals surface area contributed by atoms with E-state index in [1.807, 2.05) is 60.7 Å². The van der Waals surface area contributed by atoms with E-state index in [-0.39, 0.29) is 5.41 Å². The van der Waals surface area contributed by atoms with Gasteiger partial charge < -0.3 is 4.42 Å². The van der Waals surface area contributed by atoms with Crippen molar-refractivity contribution in [2.75, 3.05) is 0 Å². The number of aromatic nitrogens is 3. The first-order valence-corrected chi connectivity index (χ1v) is 15.8. The van der Waals surface area contributed by atoms with Gasteiger partial charge in [-0.2, -0.15) is 5.26 Å². The molecule has 2 aliphatic carbocycles. The summed E-state index contributed by atoms with van der Waals surface area (Å²) >= 11 is 0. The molecule has 44 heavy (non-hydrogen) atoms. The Morgan fingerprint density at radius 3 is 2.07 bits per heavy atom. The average Bonchev–Trinajstić information content (AvgIpc) is 3.42. The molecule has 0 aliphatic heterocycles. The highest BCUT2D eigenvalue weighted by Crippen LogP contribution is 2.54. The predicted octanol–water partition coefficient (Wildman–Crippen LogP) is 9.75. The van der Waals surface area contributed by atoms with Crippen molar-refractivity contribution < 1.29 is 4.42 Å². The summed E-state index contributed by atoms with van der Waals surface area (Å²) in [6, 6.07) is 33.1. The van der Waals surface area contributed by atoms with Crippen LogP contribution < -0.4 is 0 Å². The smallest absolute Gasteiger partial charge is 0.164 e. The minimum absolute atomic E-state index is 0.0893. The maximum Gasteiger partial charge on any atom is 0.164 e. The molecule has 2 heterocycles. The van der Waals surface area contributed by atoms with Gasteiger partial charge in [0, 0.05) is 27.5 Å². The van der Waals surface area contributed by atoms with Crippen LogP contribution >= 0.6 is 0 Å². The van der Waals surface area contributed by atoms with Crippen LogP contribution in [0.5, 0.6) is 0 Å². The number of fused-ring (bicyclic) bond motifs is 5. The number of hydrogen-bond donors (Lipinski definition) is 0. The molecule has 0 amide bonds. The molecule has 2 aromatic heterocycles. The molecule has 2 bridgehead atoms. The van der Waals surface area contributed by atoms with E-state index in [9.17, 15) is 5.26 Å². The third-order valence-corrected chi connectivity index (χ3v) is 9.87. The Labute approximate surface area is 257 Å². The quantitative estimate of drug-likeness (QED) is 0.209. The highest BCUT2D eigenvalue weighted by molar-refractivity contribution is 6.05. The lowest BCUT2D eigenvalue weighted by molar-refractivity contribution is 0.0780. The van der Waals surface area contributed by atoms with Crippen molar-refractivity contribution in [2.45, 2.75) is 51.4 Å². The van der Waals surface area contributed by atoms with Gasteiger partial charge in [-0.15, -0.1) is 0 Å². The number of benzene rings is 4. The molecule has 2 fully saturated rings. The van der Waals surface area contributed by atoms with Crippen LogP contribution in [0.15, 0.2) is 95.4 Å². The molecule has 4 atom stereocenters. The zero-order valence-corrected chi connectivity index (χ0v) is 25.1. The molecule has 216 valence electrons. The SMILES string of the molecule is C[C@@H]1CC2C[C@H](C)CC(c3cc(C#N)cc(-c4nc(-c5ccccc5)nc(-c5ccc6c(c5)oc5ccccc56)n4)c3)(C2)C1. The monoisotopic (exact) mass is 574 g/mol. The molecule has 0 saturated heterocycles. The van der Waals surface area contributed by atoms with Gasteiger partial charge in [0.05, 0.1) is 11.6 Å². The number of para-hydroxylation sites is 1. The summed E-state index contributed by atoms with van der Waals surface area (Å²) in [6.07, 6.45) is 6.15. The minimum Gasteiger partial charge on any atom is -0.456 e. The Morgan fingerprint density at radius 1 is 0.659 bits per heavy atom.